The van der Waals surface area contributed by atoms with E-state index in [4.69, 9.17) is 9.26 Å². The van der Waals surface area contributed by atoms with Gasteiger partial charge in [0.05, 0.1) is 7.11 Å². The van der Waals surface area contributed by atoms with Crippen molar-refractivity contribution in [1.82, 2.24) is 5.06 Å². The van der Waals surface area contributed by atoms with Crippen molar-refractivity contribution in [2.24, 2.45) is 0 Å². The number of benzene rings is 2. The molecule has 7 heteroatoms. The molecule has 2 rings (SSSR count). The third-order valence-corrected chi connectivity index (χ3v) is 21.3. The number of nitrogens with zero attached hydrogens (tertiary/aromatic N) is 1. The van der Waals surface area contributed by atoms with Crippen LogP contribution in [0.1, 0.15) is 311 Å². The Balaban J connectivity index is 0.00000155. The third-order valence-electron chi connectivity index (χ3n) is 15.7. The van der Waals surface area contributed by atoms with Crippen LogP contribution >= 0.6 is 15.9 Å². The number of alkyl halides is 1. The molecule has 0 N–H and O–H groups in total. The van der Waals surface area contributed by atoms with Gasteiger partial charge in [-0.25, -0.2) is 5.06 Å². The van der Waals surface area contributed by atoms with Gasteiger partial charge in [-0.3, -0.25) is 14.4 Å². The summed E-state index contributed by atoms with van der Waals surface area (Å²) in [6, 6.07) is 21.9. The number of hydrogen-bond donors (Lipinski definition) is 0. The lowest BCUT2D eigenvalue weighted by Crippen LogP contribution is -2.66. The SMILES string of the molecule is CCCCC/C=C\C/C=C\CCCCCCCCCC(=O)CCCCCCCCO[Si](c1ccccc1)(c1ccccc1)C(C)(C)C.CCCCC/C=C\C/C=C\CCCCCCCCCC(=O)N(C)OC.CCCCCCCCCBr. The highest BCUT2D eigenvalue weighted by molar-refractivity contribution is 9.09. The number of allylic oxidation sites excluding steroid dienone is 8. The fourth-order valence-electron chi connectivity index (χ4n) is 10.5. The first kappa shape index (κ1) is 79.2. The number of amides is 1. The second kappa shape index (κ2) is 59.9. The van der Waals surface area contributed by atoms with E-state index in [-0.39, 0.29) is 10.9 Å². The number of ketones is 1. The van der Waals surface area contributed by atoms with E-state index in [1.807, 2.05) is 0 Å². The van der Waals surface area contributed by atoms with E-state index in [1.165, 1.54) is 233 Å². The maximum absolute atomic E-state index is 12.4. The summed E-state index contributed by atoms with van der Waals surface area (Å²) < 4.78 is 7.03. The van der Waals surface area contributed by atoms with Gasteiger partial charge >= 0.3 is 0 Å². The van der Waals surface area contributed by atoms with Gasteiger partial charge in [0.2, 0.25) is 5.91 Å². The van der Waals surface area contributed by atoms with E-state index in [0.29, 0.717) is 12.2 Å². The Labute approximate surface area is 518 Å². The number of hydrogen-bond acceptors (Lipinski definition) is 4. The van der Waals surface area contributed by atoms with Gasteiger partial charge in [0.1, 0.15) is 5.78 Å². The van der Waals surface area contributed by atoms with E-state index in [0.717, 1.165) is 64.4 Å². The van der Waals surface area contributed by atoms with Crippen LogP contribution in [0.25, 0.3) is 0 Å². The molecule has 0 radical (unpaired) electrons. The average molecular weight is 1220 g/mol. The van der Waals surface area contributed by atoms with Gasteiger partial charge < -0.3 is 4.43 Å². The van der Waals surface area contributed by atoms with Crippen LogP contribution in [0, 0.1) is 0 Å². The lowest BCUT2D eigenvalue weighted by atomic mass is 10.0. The minimum absolute atomic E-state index is 0.0324. The second-order valence-electron chi connectivity index (χ2n) is 24.2. The molecule has 2 aromatic carbocycles. The lowest BCUT2D eigenvalue weighted by molar-refractivity contribution is -0.168. The van der Waals surface area contributed by atoms with Crippen molar-refractivity contribution in [2.75, 3.05) is 26.1 Å². The molecule has 0 saturated heterocycles. The Bertz CT molecular complexity index is 1740. The Morgan fingerprint density at radius 3 is 1.12 bits per heavy atom. The zero-order chi connectivity index (χ0) is 60.1. The molecule has 0 aliphatic heterocycles. The molecule has 2 aromatic rings. The van der Waals surface area contributed by atoms with E-state index in [2.05, 4.69) is 167 Å². The quantitative estimate of drug-likeness (QED) is 0.0218. The maximum atomic E-state index is 12.4. The molecule has 1 amide bonds. The van der Waals surface area contributed by atoms with Crippen molar-refractivity contribution in [2.45, 2.75) is 316 Å². The first-order chi connectivity index (χ1) is 40.0. The predicted molar refractivity (Wildman–Crippen MR) is 370 cm³/mol. The highest BCUT2D eigenvalue weighted by Crippen LogP contribution is 2.37. The second-order valence-corrected chi connectivity index (χ2v) is 29.3. The molecule has 0 unspecified atom stereocenters. The average Bonchev–Trinajstić information content (AvgIpc) is 3.24. The van der Waals surface area contributed by atoms with Crippen LogP contribution in [-0.2, 0) is 18.9 Å². The summed E-state index contributed by atoms with van der Waals surface area (Å²) in [4.78, 5) is 28.8. The number of rotatable bonds is 52. The fraction of sp³-hybridized carbons (Fsp3) is 0.707. The van der Waals surface area contributed by atoms with Gasteiger partial charge in [0.25, 0.3) is 8.32 Å². The molecule has 0 atom stereocenters. The van der Waals surface area contributed by atoms with Crippen LogP contribution in [0.4, 0.5) is 0 Å². The van der Waals surface area contributed by atoms with Crippen molar-refractivity contribution >= 4 is 46.3 Å². The Morgan fingerprint density at radius 1 is 0.439 bits per heavy atom. The molecule has 0 spiro atoms. The predicted octanol–water partition coefficient (Wildman–Crippen LogP) is 23.2. The third kappa shape index (κ3) is 46.4. The maximum Gasteiger partial charge on any atom is 0.261 e. The monoisotopic (exact) mass is 1220 g/mol. The van der Waals surface area contributed by atoms with Gasteiger partial charge in [-0.15, -0.1) is 0 Å². The van der Waals surface area contributed by atoms with Crippen LogP contribution in [-0.4, -0.2) is 51.2 Å². The van der Waals surface area contributed by atoms with Gasteiger partial charge in [0, 0.05) is 38.2 Å². The van der Waals surface area contributed by atoms with Crippen molar-refractivity contribution in [1.29, 1.82) is 0 Å². The summed E-state index contributed by atoms with van der Waals surface area (Å²) in [5.41, 5.74) is 0. The van der Waals surface area contributed by atoms with E-state index in [9.17, 15) is 9.59 Å². The van der Waals surface area contributed by atoms with E-state index in [1.54, 1.807) is 7.05 Å². The van der Waals surface area contributed by atoms with Gasteiger partial charge in [0.15, 0.2) is 0 Å². The molecule has 0 saturated carbocycles. The largest absolute Gasteiger partial charge is 0.407 e. The number of halogens is 1. The Kier molecular flexibility index (Phi) is 57.8. The van der Waals surface area contributed by atoms with Crippen LogP contribution in [0.15, 0.2) is 109 Å². The Morgan fingerprint density at radius 2 is 0.756 bits per heavy atom. The number of hydroxylamine groups is 2. The molecule has 0 fully saturated rings. The summed E-state index contributed by atoms with van der Waals surface area (Å²) in [6.45, 7) is 14.6. The normalized spacial score (nSPS) is 11.9. The molecule has 0 bridgehead atoms. The molecule has 82 heavy (non-hydrogen) atoms. The highest BCUT2D eigenvalue weighted by atomic mass is 79.9. The number of unbranched alkanes of at least 4 members (excludes halogenated alkanes) is 31. The number of Topliss-reactive ketones (excluding diaryl/α,β-unsaturated/α-hetero) is 1. The smallest absolute Gasteiger partial charge is 0.261 e. The Hall–Kier alpha value is -2.84. The number of carbonyl (C=O) groups is 2. The summed E-state index contributed by atoms with van der Waals surface area (Å²) in [5, 5.41) is 5.24. The van der Waals surface area contributed by atoms with Gasteiger partial charge in [-0.2, -0.15) is 0 Å². The fourth-order valence-corrected chi connectivity index (χ4v) is 15.5. The molecular formula is C75H130BrNO4Si. The van der Waals surface area contributed by atoms with Crippen molar-refractivity contribution in [3.05, 3.63) is 109 Å². The van der Waals surface area contributed by atoms with Gasteiger partial charge in [-0.05, 0) is 112 Å². The molecule has 470 valence electrons. The van der Waals surface area contributed by atoms with Crippen LogP contribution in [0.2, 0.25) is 5.04 Å². The van der Waals surface area contributed by atoms with E-state index < -0.39 is 8.32 Å². The molecular weight excluding hydrogens is 1090 g/mol. The minimum Gasteiger partial charge on any atom is -0.407 e. The summed E-state index contributed by atoms with van der Waals surface area (Å²) in [7, 11) is 0.774. The minimum atomic E-state index is -2.42. The highest BCUT2D eigenvalue weighted by Gasteiger charge is 2.50. The summed E-state index contributed by atoms with van der Waals surface area (Å²) in [6.07, 6.45) is 70.1. The zero-order valence-corrected chi connectivity index (χ0v) is 57.5. The molecule has 0 aliphatic rings. The summed E-state index contributed by atoms with van der Waals surface area (Å²) >= 11 is 3.43. The van der Waals surface area contributed by atoms with Crippen molar-refractivity contribution in [3.8, 4) is 0 Å². The standard InChI is InChI=1S/C44H70O2Si.C22H41NO2.C9H19Br/c1-5-6-7-8-9-10-11-12-13-14-15-16-17-18-19-22-27-34-41(45)35-28-23-20-21-24-33-40-46-47(44(2,3)4,42-36-29-25-30-37-42)43-38-31-26-32-39-43;1-4-5-6-7-8-9-10-11-12-13-14-15-16-17-18-19-20-21-22(24)23(2)25-3;1-2-3-4-5-6-7-8-9-10/h9-10,12-13,25-26,29-32,36-39H,5-8,11,14-24,27-28,33-35,40H2,1-4H3;8-9,11-12H,4-7,10,13-21H2,1-3H3;2-9H2,1H3/b10-9-,13-12-;9-8-,12-11-;. The van der Waals surface area contributed by atoms with Crippen LogP contribution in [0.5, 0.6) is 0 Å². The first-order valence-electron chi connectivity index (χ1n) is 34.3. The molecule has 0 aliphatic carbocycles. The zero-order valence-electron chi connectivity index (χ0n) is 55.0. The van der Waals surface area contributed by atoms with Crippen LogP contribution < -0.4 is 10.4 Å². The van der Waals surface area contributed by atoms with E-state index >= 15 is 0 Å². The first-order valence-corrected chi connectivity index (χ1v) is 37.3. The molecule has 0 aromatic heterocycles. The summed E-state index contributed by atoms with van der Waals surface area (Å²) in [5.74, 6) is 0.552. The topological polar surface area (TPSA) is 55.8 Å². The van der Waals surface area contributed by atoms with Crippen LogP contribution in [0.3, 0.4) is 0 Å². The van der Waals surface area contributed by atoms with Gasteiger partial charge in [-0.1, -0.05) is 321 Å². The van der Waals surface area contributed by atoms with Crippen molar-refractivity contribution < 1.29 is 18.9 Å². The molecule has 0 heterocycles. The number of carbonyl (C=O) groups excluding carboxylic acids is 2. The lowest BCUT2D eigenvalue weighted by Gasteiger charge is -2.43. The molecule has 5 nitrogen and oxygen atoms in total. The van der Waals surface area contributed by atoms with Crippen molar-refractivity contribution in [3.63, 3.8) is 0 Å².